The van der Waals surface area contributed by atoms with E-state index in [0.717, 1.165) is 18.9 Å². The van der Waals surface area contributed by atoms with Crippen LogP contribution in [0, 0.1) is 0 Å². The van der Waals surface area contributed by atoms with Crippen LogP contribution in [-0.2, 0) is 6.54 Å². The maximum Gasteiger partial charge on any atom is 0.128 e. The van der Waals surface area contributed by atoms with Gasteiger partial charge in [0.05, 0.1) is 0 Å². The van der Waals surface area contributed by atoms with E-state index in [9.17, 15) is 0 Å². The Labute approximate surface area is 116 Å². The number of anilines is 1. The van der Waals surface area contributed by atoms with Crippen molar-refractivity contribution >= 4 is 5.82 Å². The molecule has 1 aliphatic rings. The van der Waals surface area contributed by atoms with Crippen LogP contribution in [0.25, 0.3) is 0 Å². The molecule has 4 nitrogen and oxygen atoms in total. The van der Waals surface area contributed by atoms with Crippen molar-refractivity contribution in [2.45, 2.75) is 38.9 Å². The summed E-state index contributed by atoms with van der Waals surface area (Å²) in [5.74, 6) is 1.05. The highest BCUT2D eigenvalue weighted by molar-refractivity contribution is 5.39. The average Bonchev–Trinajstić information content (AvgIpc) is 2.86. The SMILES string of the molecule is CNC1CCN(Cc2ccc(N(C)C(C)C)nc2)C1. The van der Waals surface area contributed by atoms with E-state index in [1.54, 1.807) is 0 Å². The van der Waals surface area contributed by atoms with E-state index >= 15 is 0 Å². The van der Waals surface area contributed by atoms with Gasteiger partial charge in [-0.05, 0) is 38.9 Å². The van der Waals surface area contributed by atoms with E-state index in [1.807, 2.05) is 13.2 Å². The van der Waals surface area contributed by atoms with Crippen LogP contribution in [0.2, 0.25) is 0 Å². The van der Waals surface area contributed by atoms with Gasteiger partial charge in [-0.3, -0.25) is 4.90 Å². The van der Waals surface area contributed by atoms with Crippen molar-refractivity contribution in [3.05, 3.63) is 23.9 Å². The minimum atomic E-state index is 0.480. The standard InChI is InChI=1S/C15H26N4/c1-12(2)18(4)15-6-5-13(9-17-15)10-19-8-7-14(11-19)16-3/h5-6,9,12,14,16H,7-8,10-11H2,1-4H3. The number of nitrogens with one attached hydrogen (secondary N) is 1. The molecule has 1 fully saturated rings. The van der Waals surface area contributed by atoms with Gasteiger partial charge >= 0.3 is 0 Å². The molecule has 2 heterocycles. The summed E-state index contributed by atoms with van der Waals surface area (Å²) in [4.78, 5) is 9.25. The zero-order valence-corrected chi connectivity index (χ0v) is 12.6. The lowest BCUT2D eigenvalue weighted by atomic mass is 10.2. The fraction of sp³-hybridized carbons (Fsp3) is 0.667. The molecule has 1 N–H and O–H groups in total. The van der Waals surface area contributed by atoms with E-state index < -0.39 is 0 Å². The molecule has 1 saturated heterocycles. The molecule has 0 bridgehead atoms. The summed E-state index contributed by atoms with van der Waals surface area (Å²) in [6.07, 6.45) is 3.26. The monoisotopic (exact) mass is 262 g/mol. The zero-order chi connectivity index (χ0) is 13.8. The second-order valence-corrected chi connectivity index (χ2v) is 5.74. The van der Waals surface area contributed by atoms with E-state index in [4.69, 9.17) is 0 Å². The van der Waals surface area contributed by atoms with E-state index in [-0.39, 0.29) is 0 Å². The molecule has 0 saturated carbocycles. The van der Waals surface area contributed by atoms with Crippen LogP contribution in [0.5, 0.6) is 0 Å². The molecule has 0 amide bonds. The molecule has 0 radical (unpaired) electrons. The first-order chi connectivity index (χ1) is 9.10. The molecule has 2 rings (SSSR count). The smallest absolute Gasteiger partial charge is 0.128 e. The Bertz CT molecular complexity index is 388. The second-order valence-electron chi connectivity index (χ2n) is 5.74. The van der Waals surface area contributed by atoms with E-state index in [2.05, 4.69) is 53.1 Å². The third-order valence-corrected chi connectivity index (χ3v) is 4.03. The first-order valence-corrected chi connectivity index (χ1v) is 7.17. The van der Waals surface area contributed by atoms with Crippen molar-refractivity contribution in [1.29, 1.82) is 0 Å². The third-order valence-electron chi connectivity index (χ3n) is 4.03. The minimum Gasteiger partial charge on any atom is -0.357 e. The summed E-state index contributed by atoms with van der Waals surface area (Å²) in [5.41, 5.74) is 1.30. The van der Waals surface area contributed by atoms with Gasteiger partial charge in [0.25, 0.3) is 0 Å². The Hall–Kier alpha value is -1.13. The lowest BCUT2D eigenvalue weighted by Gasteiger charge is -2.23. The van der Waals surface area contributed by atoms with E-state index in [0.29, 0.717) is 12.1 Å². The fourth-order valence-electron chi connectivity index (χ4n) is 2.45. The number of hydrogen-bond acceptors (Lipinski definition) is 4. The Kier molecular flexibility index (Phi) is 4.77. The zero-order valence-electron chi connectivity index (χ0n) is 12.6. The summed E-state index contributed by atoms with van der Waals surface area (Å²) in [6.45, 7) is 7.69. The largest absolute Gasteiger partial charge is 0.357 e. The lowest BCUT2D eigenvalue weighted by Crippen LogP contribution is -2.29. The van der Waals surface area contributed by atoms with E-state index in [1.165, 1.54) is 18.5 Å². The number of rotatable bonds is 5. The normalized spacial score (nSPS) is 20.2. The van der Waals surface area contributed by atoms with Crippen LogP contribution in [-0.4, -0.2) is 49.2 Å². The molecule has 1 aromatic heterocycles. The number of likely N-dealkylation sites (N-methyl/N-ethyl adjacent to an activating group) is 1. The topological polar surface area (TPSA) is 31.4 Å². The number of pyridine rings is 1. The quantitative estimate of drug-likeness (QED) is 0.875. The summed E-state index contributed by atoms with van der Waals surface area (Å²) >= 11 is 0. The second kappa shape index (κ2) is 6.35. The summed E-state index contributed by atoms with van der Waals surface area (Å²) < 4.78 is 0. The molecular formula is C15H26N4. The Morgan fingerprint density at radius 3 is 2.79 bits per heavy atom. The molecule has 0 aromatic carbocycles. The first kappa shape index (κ1) is 14.3. The van der Waals surface area contributed by atoms with Crippen LogP contribution in [0.3, 0.4) is 0 Å². The fourth-order valence-corrected chi connectivity index (χ4v) is 2.45. The highest BCUT2D eigenvalue weighted by Gasteiger charge is 2.20. The number of aromatic nitrogens is 1. The van der Waals surface area contributed by atoms with Gasteiger partial charge in [-0.2, -0.15) is 0 Å². The molecule has 1 unspecified atom stereocenters. The predicted octanol–water partition coefficient (Wildman–Crippen LogP) is 1.72. The van der Waals surface area contributed by atoms with Gasteiger partial charge in [0.15, 0.2) is 0 Å². The molecule has 106 valence electrons. The van der Waals surface area contributed by atoms with Crippen molar-refractivity contribution in [2.24, 2.45) is 0 Å². The number of likely N-dealkylation sites (tertiary alicyclic amines) is 1. The predicted molar refractivity (Wildman–Crippen MR) is 80.5 cm³/mol. The lowest BCUT2D eigenvalue weighted by molar-refractivity contribution is 0.322. The number of hydrogen-bond donors (Lipinski definition) is 1. The van der Waals surface area contributed by atoms with Crippen LogP contribution in [0.4, 0.5) is 5.82 Å². The summed E-state index contributed by atoms with van der Waals surface area (Å²) in [5, 5.41) is 3.35. The highest BCUT2D eigenvalue weighted by Crippen LogP contribution is 2.16. The van der Waals surface area contributed by atoms with Crippen LogP contribution < -0.4 is 10.2 Å². The Morgan fingerprint density at radius 2 is 2.26 bits per heavy atom. The van der Waals surface area contributed by atoms with Gasteiger partial charge in [-0.25, -0.2) is 4.98 Å². The molecule has 0 aliphatic carbocycles. The van der Waals surface area contributed by atoms with Gasteiger partial charge in [0.1, 0.15) is 5.82 Å². The maximum atomic E-state index is 4.56. The van der Waals surface area contributed by atoms with Crippen molar-refractivity contribution in [2.75, 3.05) is 32.1 Å². The summed E-state index contributed by atoms with van der Waals surface area (Å²) in [7, 11) is 4.14. The van der Waals surface area contributed by atoms with Crippen molar-refractivity contribution in [3.63, 3.8) is 0 Å². The molecule has 1 aliphatic heterocycles. The van der Waals surface area contributed by atoms with Crippen molar-refractivity contribution in [3.8, 4) is 0 Å². The van der Waals surface area contributed by atoms with Crippen molar-refractivity contribution in [1.82, 2.24) is 15.2 Å². The molecule has 19 heavy (non-hydrogen) atoms. The number of nitrogens with zero attached hydrogens (tertiary/aromatic N) is 3. The van der Waals surface area contributed by atoms with Crippen LogP contribution in [0.15, 0.2) is 18.3 Å². The third kappa shape index (κ3) is 3.67. The molecule has 0 spiro atoms. The van der Waals surface area contributed by atoms with Gasteiger partial charge < -0.3 is 10.2 Å². The van der Waals surface area contributed by atoms with Crippen LogP contribution in [0.1, 0.15) is 25.8 Å². The Balaban J connectivity index is 1.92. The van der Waals surface area contributed by atoms with Gasteiger partial charge in [-0.15, -0.1) is 0 Å². The molecule has 4 heteroatoms. The van der Waals surface area contributed by atoms with Crippen molar-refractivity contribution < 1.29 is 0 Å². The highest BCUT2D eigenvalue weighted by atomic mass is 15.2. The van der Waals surface area contributed by atoms with Gasteiger partial charge in [-0.1, -0.05) is 6.07 Å². The first-order valence-electron chi connectivity index (χ1n) is 7.17. The average molecular weight is 262 g/mol. The maximum absolute atomic E-state index is 4.56. The molecular weight excluding hydrogens is 236 g/mol. The minimum absolute atomic E-state index is 0.480. The van der Waals surface area contributed by atoms with Gasteiger partial charge in [0, 0.05) is 45.0 Å². The summed E-state index contributed by atoms with van der Waals surface area (Å²) in [6, 6.07) is 5.46. The van der Waals surface area contributed by atoms with Gasteiger partial charge in [0.2, 0.25) is 0 Å². The van der Waals surface area contributed by atoms with Crippen LogP contribution >= 0.6 is 0 Å². The molecule has 1 atom stereocenters. The Morgan fingerprint density at radius 1 is 1.47 bits per heavy atom. The molecule has 1 aromatic rings.